The first kappa shape index (κ1) is 31.8. The first-order valence-electron chi connectivity index (χ1n) is 17.7. The van der Waals surface area contributed by atoms with E-state index in [9.17, 15) is 0 Å². The van der Waals surface area contributed by atoms with E-state index in [1.807, 2.05) is 24.3 Å². The van der Waals surface area contributed by atoms with Gasteiger partial charge in [0.1, 0.15) is 11.5 Å². The van der Waals surface area contributed by atoms with Crippen LogP contribution in [0.25, 0.3) is 0 Å². The van der Waals surface area contributed by atoms with Gasteiger partial charge < -0.3 is 19.3 Å². The lowest BCUT2D eigenvalue weighted by Gasteiger charge is -2.30. The third-order valence-electron chi connectivity index (χ3n) is 10.2. The second-order valence-corrected chi connectivity index (χ2v) is 14.4. The quantitative estimate of drug-likeness (QED) is 0.155. The highest BCUT2D eigenvalue weighted by molar-refractivity contribution is 5.52. The molecule has 0 atom stereocenters. The Morgan fingerprint density at radius 3 is 1.30 bits per heavy atom. The molecule has 2 heterocycles. The van der Waals surface area contributed by atoms with Crippen LogP contribution in [-0.2, 0) is 37.8 Å². The molecule has 0 unspecified atom stereocenters. The molecule has 250 valence electrons. The Hall–Kier alpha value is -5.48. The van der Waals surface area contributed by atoms with Gasteiger partial charge in [0.15, 0.2) is 13.5 Å². The predicted molar refractivity (Wildman–Crippen MR) is 204 cm³/mol. The molecule has 2 aliphatic rings. The molecule has 8 rings (SSSR count). The van der Waals surface area contributed by atoms with E-state index in [0.29, 0.717) is 13.5 Å². The van der Waals surface area contributed by atoms with Crippen LogP contribution >= 0.6 is 0 Å². The lowest BCUT2D eigenvalue weighted by atomic mass is 9.78. The normalized spacial score (nSPS) is 14.0. The molecule has 0 bridgehead atoms. The molecule has 4 heteroatoms. The molecule has 4 nitrogen and oxygen atoms in total. The van der Waals surface area contributed by atoms with Crippen molar-refractivity contribution in [1.29, 1.82) is 0 Å². The Labute approximate surface area is 296 Å². The zero-order valence-electron chi connectivity index (χ0n) is 29.0. The summed E-state index contributed by atoms with van der Waals surface area (Å²) in [5.74, 6) is 1.99. The summed E-state index contributed by atoms with van der Waals surface area (Å²) in [6.07, 6.45) is 2.84. The van der Waals surface area contributed by atoms with Gasteiger partial charge in [0.25, 0.3) is 0 Å². The van der Waals surface area contributed by atoms with Crippen molar-refractivity contribution in [2.45, 2.75) is 51.6 Å². The zero-order valence-corrected chi connectivity index (χ0v) is 29.0. The molecular formula is C46H44N2O2. The summed E-state index contributed by atoms with van der Waals surface area (Å²) in [5.41, 5.74) is 12.9. The molecule has 0 spiro atoms. The summed E-state index contributed by atoms with van der Waals surface area (Å²) < 4.78 is 11.9. The third-order valence-corrected chi connectivity index (χ3v) is 10.2. The van der Waals surface area contributed by atoms with Crippen LogP contribution in [0.2, 0.25) is 0 Å². The van der Waals surface area contributed by atoms with E-state index in [4.69, 9.17) is 9.47 Å². The van der Waals surface area contributed by atoms with Gasteiger partial charge in [-0.15, -0.1) is 0 Å². The Morgan fingerprint density at radius 1 is 0.460 bits per heavy atom. The summed E-state index contributed by atoms with van der Waals surface area (Å²) in [7, 11) is 0. The fourth-order valence-electron chi connectivity index (χ4n) is 7.26. The lowest BCUT2D eigenvalue weighted by Crippen LogP contribution is -2.31. The first-order chi connectivity index (χ1) is 24.4. The van der Waals surface area contributed by atoms with Gasteiger partial charge in [-0.2, -0.15) is 0 Å². The second kappa shape index (κ2) is 13.8. The van der Waals surface area contributed by atoms with Crippen LogP contribution in [0.1, 0.15) is 58.4 Å². The van der Waals surface area contributed by atoms with Gasteiger partial charge in [0.05, 0.1) is 0 Å². The average molecular weight is 657 g/mol. The SMILES string of the molecule is CC(C)(Cc1ccc(Cc2ccc(N3COc4ccccc4C3)cc2)cc1)c1ccc(Cc2ccc(N3COc4ccccc4C3)cc2)cc1. The molecule has 0 radical (unpaired) electrons. The van der Waals surface area contributed by atoms with Gasteiger partial charge in [-0.05, 0) is 94.5 Å². The van der Waals surface area contributed by atoms with E-state index >= 15 is 0 Å². The fourth-order valence-corrected chi connectivity index (χ4v) is 7.26. The number of benzene rings is 6. The van der Waals surface area contributed by atoms with Crippen LogP contribution in [0.15, 0.2) is 146 Å². The van der Waals surface area contributed by atoms with E-state index in [0.717, 1.165) is 43.9 Å². The molecular weight excluding hydrogens is 613 g/mol. The highest BCUT2D eigenvalue weighted by Crippen LogP contribution is 2.31. The minimum Gasteiger partial charge on any atom is -0.473 e. The second-order valence-electron chi connectivity index (χ2n) is 14.4. The number of rotatable bonds is 9. The van der Waals surface area contributed by atoms with Crippen LogP contribution in [0.5, 0.6) is 11.5 Å². The van der Waals surface area contributed by atoms with Crippen molar-refractivity contribution in [3.8, 4) is 11.5 Å². The maximum absolute atomic E-state index is 5.97. The Kier molecular flexibility index (Phi) is 8.77. The van der Waals surface area contributed by atoms with E-state index in [1.165, 1.54) is 55.9 Å². The monoisotopic (exact) mass is 656 g/mol. The molecule has 0 saturated carbocycles. The predicted octanol–water partition coefficient (Wildman–Crippen LogP) is 10.1. The average Bonchev–Trinajstić information content (AvgIpc) is 3.16. The van der Waals surface area contributed by atoms with Crippen LogP contribution in [0, 0.1) is 0 Å². The molecule has 50 heavy (non-hydrogen) atoms. The van der Waals surface area contributed by atoms with Gasteiger partial charge in [-0.25, -0.2) is 0 Å². The summed E-state index contributed by atoms with van der Waals surface area (Å²) >= 11 is 0. The van der Waals surface area contributed by atoms with Crippen molar-refractivity contribution in [2.75, 3.05) is 23.3 Å². The molecule has 0 aliphatic carbocycles. The van der Waals surface area contributed by atoms with Gasteiger partial charge in [0.2, 0.25) is 0 Å². The maximum Gasteiger partial charge on any atom is 0.161 e. The fraction of sp³-hybridized carbons (Fsp3) is 0.217. The number of hydrogen-bond acceptors (Lipinski definition) is 4. The van der Waals surface area contributed by atoms with Crippen LogP contribution in [-0.4, -0.2) is 13.5 Å². The molecule has 2 aliphatic heterocycles. The van der Waals surface area contributed by atoms with E-state index < -0.39 is 0 Å². The minimum absolute atomic E-state index is 0.0331. The van der Waals surface area contributed by atoms with Crippen molar-refractivity contribution in [2.24, 2.45) is 0 Å². The first-order valence-corrected chi connectivity index (χ1v) is 17.7. The minimum atomic E-state index is 0.0331. The number of para-hydroxylation sites is 2. The molecule has 0 N–H and O–H groups in total. The topological polar surface area (TPSA) is 24.9 Å². The molecule has 0 aromatic heterocycles. The molecule has 0 amide bonds. The van der Waals surface area contributed by atoms with Crippen molar-refractivity contribution in [1.82, 2.24) is 0 Å². The standard InChI is InChI=1S/C46H44N2O2/c1-46(2,41-21-15-35(16-22-41)28-37-19-25-43(26-20-37)48-31-40-8-4-6-10-45(40)50-33-48)29-38-13-11-34(12-14-38)27-36-17-23-42(24-18-36)47-30-39-7-3-5-9-44(39)49-32-47/h3-26H,27-33H2,1-2H3. The van der Waals surface area contributed by atoms with E-state index in [1.54, 1.807) is 0 Å². The Bertz CT molecular complexity index is 2050. The van der Waals surface area contributed by atoms with Crippen LogP contribution < -0.4 is 19.3 Å². The summed E-state index contributed by atoms with van der Waals surface area (Å²) in [5, 5.41) is 0. The number of hydrogen-bond donors (Lipinski definition) is 0. The Morgan fingerprint density at radius 2 is 0.840 bits per heavy atom. The van der Waals surface area contributed by atoms with Gasteiger partial charge >= 0.3 is 0 Å². The lowest BCUT2D eigenvalue weighted by molar-refractivity contribution is 0.289. The molecule has 6 aromatic rings. The molecule has 0 fully saturated rings. The third kappa shape index (κ3) is 7.11. The summed E-state index contributed by atoms with van der Waals surface area (Å²) in [4.78, 5) is 4.56. The van der Waals surface area contributed by atoms with Gasteiger partial charge in [0, 0.05) is 35.6 Å². The highest BCUT2D eigenvalue weighted by Gasteiger charge is 2.22. The highest BCUT2D eigenvalue weighted by atomic mass is 16.5. The van der Waals surface area contributed by atoms with Gasteiger partial charge in [-0.1, -0.05) is 123 Å². The van der Waals surface area contributed by atoms with Crippen molar-refractivity contribution < 1.29 is 9.47 Å². The van der Waals surface area contributed by atoms with Crippen LogP contribution in [0.4, 0.5) is 11.4 Å². The Balaban J connectivity index is 0.840. The van der Waals surface area contributed by atoms with Crippen molar-refractivity contribution in [3.05, 3.63) is 190 Å². The number of fused-ring (bicyclic) bond motifs is 2. The molecule has 6 aromatic carbocycles. The summed E-state index contributed by atoms with van der Waals surface area (Å²) in [6.45, 7) is 7.61. The van der Waals surface area contributed by atoms with Gasteiger partial charge in [-0.3, -0.25) is 0 Å². The smallest absolute Gasteiger partial charge is 0.161 e. The molecule has 0 saturated heterocycles. The van der Waals surface area contributed by atoms with Crippen LogP contribution in [0.3, 0.4) is 0 Å². The maximum atomic E-state index is 5.97. The largest absolute Gasteiger partial charge is 0.473 e. The van der Waals surface area contributed by atoms with Crippen molar-refractivity contribution in [3.63, 3.8) is 0 Å². The zero-order chi connectivity index (χ0) is 33.9. The summed E-state index contributed by atoms with van der Waals surface area (Å²) in [6, 6.07) is 52.9. The van der Waals surface area contributed by atoms with E-state index in [2.05, 4.69) is 145 Å². The van der Waals surface area contributed by atoms with Crippen molar-refractivity contribution >= 4 is 11.4 Å². The van der Waals surface area contributed by atoms with E-state index in [-0.39, 0.29) is 5.41 Å². The number of nitrogens with zero attached hydrogens (tertiary/aromatic N) is 2. The number of ether oxygens (including phenoxy) is 2. The number of anilines is 2.